The molecule has 0 aliphatic rings. The van der Waals surface area contributed by atoms with Gasteiger partial charge in [0.1, 0.15) is 5.82 Å². The minimum Gasteiger partial charge on any atom is -0.298 e. The Hall–Kier alpha value is -1.68. The summed E-state index contributed by atoms with van der Waals surface area (Å²) in [6, 6.07) is 5.32. The summed E-state index contributed by atoms with van der Waals surface area (Å²) >= 11 is 6.02. The second-order valence-corrected chi connectivity index (χ2v) is 4.26. The minimum atomic E-state index is 0.429. The molecule has 0 saturated heterocycles. The molecule has 0 radical (unpaired) electrons. The first kappa shape index (κ1) is 12.8. The Balaban J connectivity index is 2.64. The maximum atomic E-state index is 11.2. The van der Waals surface area contributed by atoms with Gasteiger partial charge in [-0.2, -0.15) is 5.10 Å². The van der Waals surface area contributed by atoms with Crippen molar-refractivity contribution in [2.75, 3.05) is 0 Å². The van der Waals surface area contributed by atoms with Crippen molar-refractivity contribution >= 4 is 17.9 Å². The first-order valence-electron chi connectivity index (χ1n) is 5.90. The van der Waals surface area contributed by atoms with E-state index < -0.39 is 0 Å². The van der Waals surface area contributed by atoms with Gasteiger partial charge in [0.15, 0.2) is 12.1 Å². The third-order valence-corrected chi connectivity index (χ3v) is 3.06. The van der Waals surface area contributed by atoms with Gasteiger partial charge in [0, 0.05) is 12.8 Å². The Morgan fingerprint density at radius 1 is 1.33 bits per heavy atom. The predicted octanol–water partition coefficient (Wildman–Crippen LogP) is 2.86. The fourth-order valence-corrected chi connectivity index (χ4v) is 2.00. The van der Waals surface area contributed by atoms with Gasteiger partial charge < -0.3 is 0 Å². The fourth-order valence-electron chi connectivity index (χ4n) is 1.79. The van der Waals surface area contributed by atoms with Gasteiger partial charge in [-0.1, -0.05) is 31.5 Å². The summed E-state index contributed by atoms with van der Waals surface area (Å²) in [5.41, 5.74) is 1.13. The lowest BCUT2D eigenvalue weighted by molar-refractivity contribution is 0.112. The molecule has 0 N–H and O–H groups in total. The first-order valence-corrected chi connectivity index (χ1v) is 6.27. The molecule has 94 valence electrons. The van der Waals surface area contributed by atoms with Gasteiger partial charge >= 0.3 is 0 Å². The lowest BCUT2D eigenvalue weighted by Crippen LogP contribution is -2.05. The van der Waals surface area contributed by atoms with Crippen LogP contribution in [-0.2, 0) is 12.8 Å². The van der Waals surface area contributed by atoms with E-state index in [4.69, 9.17) is 11.6 Å². The number of aromatic nitrogens is 3. The van der Waals surface area contributed by atoms with Gasteiger partial charge in [-0.25, -0.2) is 9.67 Å². The average Bonchev–Trinajstić information content (AvgIpc) is 2.81. The van der Waals surface area contributed by atoms with E-state index in [2.05, 4.69) is 10.1 Å². The van der Waals surface area contributed by atoms with Gasteiger partial charge in [0.2, 0.25) is 0 Å². The van der Waals surface area contributed by atoms with E-state index in [1.165, 1.54) is 0 Å². The molecule has 0 fully saturated rings. The summed E-state index contributed by atoms with van der Waals surface area (Å²) in [4.78, 5) is 15.6. The second kappa shape index (κ2) is 5.31. The van der Waals surface area contributed by atoms with Crippen LogP contribution >= 0.6 is 11.6 Å². The molecule has 2 aromatic rings. The van der Waals surface area contributed by atoms with Crippen LogP contribution in [0.1, 0.15) is 35.9 Å². The highest BCUT2D eigenvalue weighted by molar-refractivity contribution is 6.33. The van der Waals surface area contributed by atoms with E-state index in [0.29, 0.717) is 16.3 Å². The van der Waals surface area contributed by atoms with Crippen molar-refractivity contribution < 1.29 is 4.79 Å². The van der Waals surface area contributed by atoms with Gasteiger partial charge in [-0.3, -0.25) is 4.79 Å². The number of carbonyl (C=O) groups is 1. The molecule has 0 aliphatic heterocycles. The topological polar surface area (TPSA) is 47.8 Å². The third kappa shape index (κ3) is 2.16. The molecule has 1 aromatic carbocycles. The standard InChI is InChI=1S/C13H14ClN3O/c1-3-12-15-13(4-2)17(16-12)11-7-5-6-10(14)9(11)8-18/h5-8H,3-4H2,1-2H3. The number of aldehydes is 1. The van der Waals surface area contributed by atoms with Crippen molar-refractivity contribution in [2.24, 2.45) is 0 Å². The highest BCUT2D eigenvalue weighted by atomic mass is 35.5. The van der Waals surface area contributed by atoms with E-state index in [-0.39, 0.29) is 0 Å². The van der Waals surface area contributed by atoms with Crippen LogP contribution in [0.2, 0.25) is 5.02 Å². The largest absolute Gasteiger partial charge is 0.298 e. The summed E-state index contributed by atoms with van der Waals surface area (Å²) in [7, 11) is 0. The second-order valence-electron chi connectivity index (χ2n) is 3.85. The molecular formula is C13H14ClN3O. The highest BCUT2D eigenvalue weighted by Crippen LogP contribution is 2.22. The van der Waals surface area contributed by atoms with E-state index >= 15 is 0 Å². The van der Waals surface area contributed by atoms with E-state index in [1.807, 2.05) is 19.9 Å². The van der Waals surface area contributed by atoms with Crippen LogP contribution in [0.15, 0.2) is 18.2 Å². The van der Waals surface area contributed by atoms with Crippen LogP contribution in [0.4, 0.5) is 0 Å². The van der Waals surface area contributed by atoms with Crippen molar-refractivity contribution in [3.63, 3.8) is 0 Å². The summed E-state index contributed by atoms with van der Waals surface area (Å²) in [5, 5.41) is 4.84. The third-order valence-electron chi connectivity index (χ3n) is 2.73. The lowest BCUT2D eigenvalue weighted by atomic mass is 10.2. The van der Waals surface area contributed by atoms with E-state index in [0.717, 1.165) is 30.8 Å². The Morgan fingerprint density at radius 3 is 2.72 bits per heavy atom. The van der Waals surface area contributed by atoms with Crippen LogP contribution in [-0.4, -0.2) is 21.1 Å². The van der Waals surface area contributed by atoms with Crippen LogP contribution in [0.25, 0.3) is 5.69 Å². The molecule has 4 nitrogen and oxygen atoms in total. The number of nitrogens with zero attached hydrogens (tertiary/aromatic N) is 3. The maximum absolute atomic E-state index is 11.2. The van der Waals surface area contributed by atoms with Crippen molar-refractivity contribution in [3.8, 4) is 5.69 Å². The molecule has 0 atom stereocenters. The molecule has 2 rings (SSSR count). The highest BCUT2D eigenvalue weighted by Gasteiger charge is 2.14. The molecule has 0 spiro atoms. The smallest absolute Gasteiger partial charge is 0.153 e. The van der Waals surface area contributed by atoms with E-state index in [1.54, 1.807) is 16.8 Å². The van der Waals surface area contributed by atoms with Crippen LogP contribution < -0.4 is 0 Å². The summed E-state index contributed by atoms with van der Waals surface area (Å²) < 4.78 is 1.70. The lowest BCUT2D eigenvalue weighted by Gasteiger charge is -2.08. The zero-order chi connectivity index (χ0) is 13.1. The van der Waals surface area contributed by atoms with Gasteiger partial charge in [0.05, 0.1) is 16.3 Å². The van der Waals surface area contributed by atoms with Crippen molar-refractivity contribution in [1.82, 2.24) is 14.8 Å². The summed E-state index contributed by atoms with van der Waals surface area (Å²) in [6.45, 7) is 4.00. The normalized spacial score (nSPS) is 10.6. The SMILES string of the molecule is CCc1nc(CC)n(-c2cccc(Cl)c2C=O)n1. The molecule has 0 unspecified atom stereocenters. The average molecular weight is 264 g/mol. The number of aryl methyl sites for hydroxylation is 2. The minimum absolute atomic E-state index is 0.429. The number of benzene rings is 1. The Morgan fingerprint density at radius 2 is 2.11 bits per heavy atom. The van der Waals surface area contributed by atoms with Crippen LogP contribution in [0.5, 0.6) is 0 Å². The number of hydrogen-bond acceptors (Lipinski definition) is 3. The molecular weight excluding hydrogens is 250 g/mol. The quantitative estimate of drug-likeness (QED) is 0.797. The Kier molecular flexibility index (Phi) is 3.77. The van der Waals surface area contributed by atoms with Crippen molar-refractivity contribution in [3.05, 3.63) is 40.4 Å². The number of rotatable bonds is 4. The molecule has 0 aliphatic carbocycles. The zero-order valence-electron chi connectivity index (χ0n) is 10.4. The number of hydrogen-bond donors (Lipinski definition) is 0. The zero-order valence-corrected chi connectivity index (χ0v) is 11.1. The predicted molar refractivity (Wildman–Crippen MR) is 70.5 cm³/mol. The Labute approximate surface area is 111 Å². The van der Waals surface area contributed by atoms with Crippen LogP contribution in [0, 0.1) is 0 Å². The summed E-state index contributed by atoms with van der Waals surface area (Å²) in [6.07, 6.45) is 2.26. The van der Waals surface area contributed by atoms with Crippen molar-refractivity contribution in [1.29, 1.82) is 0 Å². The molecule has 1 heterocycles. The molecule has 0 saturated carbocycles. The van der Waals surface area contributed by atoms with Gasteiger partial charge in [-0.05, 0) is 12.1 Å². The molecule has 18 heavy (non-hydrogen) atoms. The summed E-state index contributed by atoms with van der Waals surface area (Å²) in [5.74, 6) is 1.60. The van der Waals surface area contributed by atoms with Gasteiger partial charge in [-0.15, -0.1) is 0 Å². The number of carbonyl (C=O) groups excluding carboxylic acids is 1. The van der Waals surface area contributed by atoms with Crippen molar-refractivity contribution in [2.45, 2.75) is 26.7 Å². The van der Waals surface area contributed by atoms with Gasteiger partial charge in [0.25, 0.3) is 0 Å². The Bertz CT molecular complexity index is 578. The monoisotopic (exact) mass is 263 g/mol. The maximum Gasteiger partial charge on any atom is 0.153 e. The first-order chi connectivity index (χ1) is 8.71. The van der Waals surface area contributed by atoms with E-state index in [9.17, 15) is 4.79 Å². The van der Waals surface area contributed by atoms with Crippen LogP contribution in [0.3, 0.4) is 0 Å². The molecule has 0 bridgehead atoms. The molecule has 1 aromatic heterocycles. The molecule has 5 heteroatoms. The number of halogens is 1. The fraction of sp³-hybridized carbons (Fsp3) is 0.308. The molecule has 0 amide bonds.